The second-order valence-corrected chi connectivity index (χ2v) is 4.46. The Hall–Kier alpha value is -2.14. The van der Waals surface area contributed by atoms with Crippen LogP contribution in [-0.4, -0.2) is 28.2 Å². The number of para-hydroxylation sites is 1. The summed E-state index contributed by atoms with van der Waals surface area (Å²) in [5, 5.41) is 8.93. The quantitative estimate of drug-likeness (QED) is 0.858. The number of nitrogens with zero attached hydrogens (tertiary/aromatic N) is 2. The summed E-state index contributed by atoms with van der Waals surface area (Å²) < 4.78 is 5.25. The van der Waals surface area contributed by atoms with Crippen LogP contribution in [0.5, 0.6) is 5.75 Å². The minimum absolute atomic E-state index is 0.00289. The fourth-order valence-electron chi connectivity index (χ4n) is 1.75. The molecule has 1 N–H and O–H groups in total. The lowest BCUT2D eigenvalue weighted by atomic mass is 10.1. The SMILES string of the molecule is COc1ccccc1-c1ncc(CCC(=O)O)c(Cl)n1. The summed E-state index contributed by atoms with van der Waals surface area (Å²) in [5.74, 6) is 0.225. The standard InChI is InChI=1S/C14H13ClN2O3/c1-20-11-5-3-2-4-10(11)14-16-8-9(13(15)17-14)6-7-12(18)19/h2-5,8H,6-7H2,1H3,(H,18,19). The number of ether oxygens (including phenoxy) is 1. The Balaban J connectivity index is 2.31. The molecule has 0 aliphatic carbocycles. The van der Waals surface area contributed by atoms with Crippen LogP contribution in [0.25, 0.3) is 11.4 Å². The summed E-state index contributed by atoms with van der Waals surface area (Å²) in [7, 11) is 1.57. The number of benzene rings is 1. The highest BCUT2D eigenvalue weighted by molar-refractivity contribution is 6.30. The maximum Gasteiger partial charge on any atom is 0.303 e. The Kier molecular flexibility index (Phi) is 4.53. The highest BCUT2D eigenvalue weighted by Gasteiger charge is 2.11. The molecular formula is C14H13ClN2O3. The smallest absolute Gasteiger partial charge is 0.303 e. The van der Waals surface area contributed by atoms with Crippen molar-refractivity contribution in [1.29, 1.82) is 0 Å². The van der Waals surface area contributed by atoms with Crippen molar-refractivity contribution in [3.05, 3.63) is 41.2 Å². The molecule has 2 rings (SSSR count). The van der Waals surface area contributed by atoms with Crippen molar-refractivity contribution in [1.82, 2.24) is 9.97 Å². The van der Waals surface area contributed by atoms with Gasteiger partial charge in [0.15, 0.2) is 5.82 Å². The van der Waals surface area contributed by atoms with Crippen LogP contribution in [-0.2, 0) is 11.2 Å². The molecule has 1 aromatic heterocycles. The Bertz CT molecular complexity index is 632. The zero-order valence-electron chi connectivity index (χ0n) is 10.8. The minimum Gasteiger partial charge on any atom is -0.496 e. The predicted molar refractivity (Wildman–Crippen MR) is 75.0 cm³/mol. The second-order valence-electron chi connectivity index (χ2n) is 4.10. The van der Waals surface area contributed by atoms with Crippen LogP contribution in [0.15, 0.2) is 30.5 Å². The van der Waals surface area contributed by atoms with E-state index in [4.69, 9.17) is 21.4 Å². The third-order valence-electron chi connectivity index (χ3n) is 2.77. The maximum absolute atomic E-state index is 10.6. The van der Waals surface area contributed by atoms with Gasteiger partial charge < -0.3 is 9.84 Å². The summed E-state index contributed by atoms with van der Waals surface area (Å²) in [6.07, 6.45) is 1.86. The van der Waals surface area contributed by atoms with Crippen LogP contribution in [0.4, 0.5) is 0 Å². The lowest BCUT2D eigenvalue weighted by molar-refractivity contribution is -0.136. The Labute approximate surface area is 121 Å². The second kappa shape index (κ2) is 6.34. The van der Waals surface area contributed by atoms with Crippen molar-refractivity contribution < 1.29 is 14.6 Å². The number of carbonyl (C=O) groups is 1. The summed E-state index contributed by atoms with van der Waals surface area (Å²) in [6, 6.07) is 7.35. The average Bonchev–Trinajstić information content (AvgIpc) is 2.45. The lowest BCUT2D eigenvalue weighted by Crippen LogP contribution is -2.01. The van der Waals surface area contributed by atoms with Gasteiger partial charge in [-0.1, -0.05) is 23.7 Å². The van der Waals surface area contributed by atoms with Crippen LogP contribution < -0.4 is 4.74 Å². The van der Waals surface area contributed by atoms with E-state index in [-0.39, 0.29) is 11.6 Å². The van der Waals surface area contributed by atoms with Crippen molar-refractivity contribution in [2.45, 2.75) is 12.8 Å². The van der Waals surface area contributed by atoms with Crippen LogP contribution in [0.2, 0.25) is 5.15 Å². The van der Waals surface area contributed by atoms with Gasteiger partial charge in [-0.3, -0.25) is 4.79 Å². The number of aryl methyl sites for hydroxylation is 1. The van der Waals surface area contributed by atoms with E-state index in [1.54, 1.807) is 13.3 Å². The van der Waals surface area contributed by atoms with E-state index < -0.39 is 5.97 Å². The molecule has 0 saturated heterocycles. The molecule has 104 valence electrons. The largest absolute Gasteiger partial charge is 0.496 e. The van der Waals surface area contributed by atoms with Gasteiger partial charge in [-0.25, -0.2) is 9.97 Å². The van der Waals surface area contributed by atoms with Gasteiger partial charge in [0.1, 0.15) is 10.9 Å². The zero-order valence-corrected chi connectivity index (χ0v) is 11.6. The first-order valence-corrected chi connectivity index (χ1v) is 6.36. The van der Waals surface area contributed by atoms with Gasteiger partial charge >= 0.3 is 5.97 Å². The van der Waals surface area contributed by atoms with Crippen LogP contribution >= 0.6 is 11.6 Å². The summed E-state index contributed by atoms with van der Waals surface area (Å²) in [6.45, 7) is 0. The number of halogens is 1. The highest BCUT2D eigenvalue weighted by Crippen LogP contribution is 2.28. The number of hydrogen-bond acceptors (Lipinski definition) is 4. The molecule has 0 amide bonds. The molecule has 0 aliphatic rings. The number of carboxylic acids is 1. The fraction of sp³-hybridized carbons (Fsp3) is 0.214. The van der Waals surface area contributed by atoms with Crippen LogP contribution in [0.1, 0.15) is 12.0 Å². The van der Waals surface area contributed by atoms with Crippen LogP contribution in [0.3, 0.4) is 0 Å². The molecular weight excluding hydrogens is 280 g/mol. The van der Waals surface area contributed by atoms with Gasteiger partial charge in [-0.15, -0.1) is 0 Å². The number of carboxylic acid groups (broad SMARTS) is 1. The van der Waals surface area contributed by atoms with E-state index in [0.29, 0.717) is 23.6 Å². The number of hydrogen-bond donors (Lipinski definition) is 1. The molecule has 20 heavy (non-hydrogen) atoms. The van der Waals surface area contributed by atoms with E-state index in [1.165, 1.54) is 0 Å². The summed E-state index contributed by atoms with van der Waals surface area (Å²) in [4.78, 5) is 19.0. The van der Waals surface area contributed by atoms with Crippen molar-refractivity contribution in [2.75, 3.05) is 7.11 Å². The number of methoxy groups -OCH3 is 1. The van der Waals surface area contributed by atoms with Gasteiger partial charge in [-0.2, -0.15) is 0 Å². The molecule has 0 spiro atoms. The van der Waals surface area contributed by atoms with Gasteiger partial charge in [-0.05, 0) is 18.6 Å². The highest BCUT2D eigenvalue weighted by atomic mass is 35.5. The topological polar surface area (TPSA) is 72.3 Å². The zero-order chi connectivity index (χ0) is 14.5. The van der Waals surface area contributed by atoms with Gasteiger partial charge in [0.2, 0.25) is 0 Å². The van der Waals surface area contributed by atoms with Crippen molar-refractivity contribution in [3.63, 3.8) is 0 Å². The van der Waals surface area contributed by atoms with Gasteiger partial charge in [0, 0.05) is 18.2 Å². The molecule has 0 aliphatic heterocycles. The molecule has 0 unspecified atom stereocenters. The Morgan fingerprint density at radius 1 is 1.40 bits per heavy atom. The molecule has 0 bridgehead atoms. The summed E-state index contributed by atoms with van der Waals surface area (Å²) in [5.41, 5.74) is 1.36. The summed E-state index contributed by atoms with van der Waals surface area (Å²) >= 11 is 6.07. The molecule has 6 heteroatoms. The van der Waals surface area contributed by atoms with Crippen LogP contribution in [0, 0.1) is 0 Å². The fourth-order valence-corrected chi connectivity index (χ4v) is 1.98. The van der Waals surface area contributed by atoms with E-state index >= 15 is 0 Å². The first-order chi connectivity index (χ1) is 9.61. The molecule has 1 heterocycles. The Morgan fingerprint density at radius 2 is 2.15 bits per heavy atom. The third-order valence-corrected chi connectivity index (χ3v) is 3.10. The molecule has 0 fully saturated rings. The first kappa shape index (κ1) is 14.3. The van der Waals surface area contributed by atoms with Crippen molar-refractivity contribution in [2.24, 2.45) is 0 Å². The minimum atomic E-state index is -0.880. The molecule has 0 atom stereocenters. The van der Waals surface area contributed by atoms with E-state index in [1.807, 2.05) is 24.3 Å². The van der Waals surface area contributed by atoms with E-state index in [9.17, 15) is 4.79 Å². The number of rotatable bonds is 5. The molecule has 2 aromatic rings. The van der Waals surface area contributed by atoms with E-state index in [2.05, 4.69) is 9.97 Å². The predicted octanol–water partition coefficient (Wildman–Crippen LogP) is 2.82. The maximum atomic E-state index is 10.6. The molecule has 0 radical (unpaired) electrons. The van der Waals surface area contributed by atoms with E-state index in [0.717, 1.165) is 5.56 Å². The number of aromatic nitrogens is 2. The first-order valence-electron chi connectivity index (χ1n) is 5.98. The van der Waals surface area contributed by atoms with Crippen molar-refractivity contribution >= 4 is 17.6 Å². The molecule has 5 nitrogen and oxygen atoms in total. The normalized spacial score (nSPS) is 10.3. The number of aliphatic carboxylic acids is 1. The average molecular weight is 293 g/mol. The van der Waals surface area contributed by atoms with Gasteiger partial charge in [0.05, 0.1) is 12.7 Å². The van der Waals surface area contributed by atoms with Crippen molar-refractivity contribution in [3.8, 4) is 17.1 Å². The monoisotopic (exact) mass is 292 g/mol. The Morgan fingerprint density at radius 3 is 2.80 bits per heavy atom. The third kappa shape index (κ3) is 3.24. The molecule has 1 aromatic carbocycles. The lowest BCUT2D eigenvalue weighted by Gasteiger charge is -2.08. The molecule has 0 saturated carbocycles. The van der Waals surface area contributed by atoms with Gasteiger partial charge in [0.25, 0.3) is 0 Å².